The number of carbonyl (C=O) groups excluding carboxylic acids is 1. The van der Waals surface area contributed by atoms with Gasteiger partial charge in [0.05, 0.1) is 5.69 Å². The molecule has 1 N–H and O–H groups in total. The Kier molecular flexibility index (Phi) is 3.94. The van der Waals surface area contributed by atoms with Crippen LogP contribution in [0.15, 0.2) is 24.8 Å². The van der Waals surface area contributed by atoms with E-state index in [1.807, 2.05) is 45.9 Å². The lowest BCUT2D eigenvalue weighted by molar-refractivity contribution is 0.0636. The largest absolute Gasteiger partial charge is 0.444 e. The van der Waals surface area contributed by atoms with Gasteiger partial charge in [-0.1, -0.05) is 24.8 Å². The highest BCUT2D eigenvalue weighted by molar-refractivity contribution is 5.88. The van der Waals surface area contributed by atoms with Gasteiger partial charge in [-0.2, -0.15) is 0 Å². The van der Waals surface area contributed by atoms with Gasteiger partial charge in [0.25, 0.3) is 0 Å². The molecule has 0 saturated heterocycles. The van der Waals surface area contributed by atoms with Crippen LogP contribution in [0, 0.1) is 6.92 Å². The lowest BCUT2D eigenvalue weighted by Gasteiger charge is -2.20. The number of benzene rings is 1. The van der Waals surface area contributed by atoms with E-state index in [4.69, 9.17) is 4.74 Å². The van der Waals surface area contributed by atoms with Crippen LogP contribution in [0.1, 0.15) is 31.9 Å². The van der Waals surface area contributed by atoms with Gasteiger partial charge in [-0.15, -0.1) is 0 Å². The minimum atomic E-state index is -0.498. The first-order valence-corrected chi connectivity index (χ1v) is 5.55. The van der Waals surface area contributed by atoms with Gasteiger partial charge in [0.1, 0.15) is 5.60 Å². The third-order valence-electron chi connectivity index (χ3n) is 2.16. The summed E-state index contributed by atoms with van der Waals surface area (Å²) in [5.74, 6) is 0. The van der Waals surface area contributed by atoms with Gasteiger partial charge < -0.3 is 4.74 Å². The zero-order chi connectivity index (χ0) is 13.1. The number of hydrogen-bond acceptors (Lipinski definition) is 2. The Morgan fingerprint density at radius 3 is 2.59 bits per heavy atom. The van der Waals surface area contributed by atoms with Gasteiger partial charge >= 0.3 is 6.09 Å². The monoisotopic (exact) mass is 233 g/mol. The second-order valence-corrected chi connectivity index (χ2v) is 4.87. The molecule has 0 saturated carbocycles. The number of aryl methyl sites for hydroxylation is 1. The maximum absolute atomic E-state index is 11.6. The lowest BCUT2D eigenvalue weighted by Crippen LogP contribution is -2.27. The van der Waals surface area contributed by atoms with Crippen LogP contribution < -0.4 is 5.32 Å². The minimum absolute atomic E-state index is 0.453. The normalized spacial score (nSPS) is 10.8. The van der Waals surface area contributed by atoms with Crippen LogP contribution in [-0.2, 0) is 4.74 Å². The van der Waals surface area contributed by atoms with Crippen LogP contribution in [0.4, 0.5) is 10.5 Å². The quantitative estimate of drug-likeness (QED) is 0.838. The average molecular weight is 233 g/mol. The predicted octanol–water partition coefficient (Wildman–Crippen LogP) is 3.99. The van der Waals surface area contributed by atoms with Gasteiger partial charge in [0.2, 0.25) is 0 Å². The molecule has 1 rings (SSSR count). The Morgan fingerprint density at radius 1 is 1.41 bits per heavy atom. The van der Waals surface area contributed by atoms with E-state index in [0.717, 1.165) is 11.1 Å². The highest BCUT2D eigenvalue weighted by Gasteiger charge is 2.16. The molecule has 3 nitrogen and oxygen atoms in total. The molecule has 0 fully saturated rings. The highest BCUT2D eigenvalue weighted by Crippen LogP contribution is 2.21. The summed E-state index contributed by atoms with van der Waals surface area (Å²) >= 11 is 0. The minimum Gasteiger partial charge on any atom is -0.444 e. The smallest absolute Gasteiger partial charge is 0.412 e. The fourth-order valence-corrected chi connectivity index (χ4v) is 1.47. The summed E-state index contributed by atoms with van der Waals surface area (Å²) in [6.07, 6.45) is 1.27. The first-order valence-electron chi connectivity index (χ1n) is 5.55. The van der Waals surface area contributed by atoms with Crippen molar-refractivity contribution >= 4 is 17.9 Å². The molecule has 92 valence electrons. The molecule has 3 heteroatoms. The van der Waals surface area contributed by atoms with E-state index in [1.165, 1.54) is 0 Å². The molecule has 0 spiro atoms. The highest BCUT2D eigenvalue weighted by atomic mass is 16.6. The van der Waals surface area contributed by atoms with Gasteiger partial charge in [-0.05, 0) is 39.3 Å². The third kappa shape index (κ3) is 3.94. The van der Waals surface area contributed by atoms with Crippen molar-refractivity contribution in [3.8, 4) is 0 Å². The van der Waals surface area contributed by atoms with Gasteiger partial charge in [0.15, 0.2) is 0 Å². The third-order valence-corrected chi connectivity index (χ3v) is 2.16. The van der Waals surface area contributed by atoms with Crippen molar-refractivity contribution in [2.45, 2.75) is 33.3 Å². The second-order valence-electron chi connectivity index (χ2n) is 4.87. The van der Waals surface area contributed by atoms with Crippen molar-refractivity contribution in [3.63, 3.8) is 0 Å². The lowest BCUT2D eigenvalue weighted by atomic mass is 10.1. The standard InChI is InChI=1S/C14H19NO2/c1-6-11-10(2)8-7-9-12(11)15-13(16)17-14(3,4)5/h6-9H,1H2,2-5H3,(H,15,16). The Hall–Kier alpha value is -1.77. The van der Waals surface area contributed by atoms with Gasteiger partial charge in [0, 0.05) is 5.56 Å². The Labute approximate surface area is 102 Å². The summed E-state index contributed by atoms with van der Waals surface area (Å²) in [4.78, 5) is 11.6. The molecule has 0 aliphatic carbocycles. The zero-order valence-corrected chi connectivity index (χ0v) is 10.8. The fourth-order valence-electron chi connectivity index (χ4n) is 1.47. The van der Waals surface area contributed by atoms with Crippen LogP contribution in [0.5, 0.6) is 0 Å². The summed E-state index contributed by atoms with van der Waals surface area (Å²) < 4.78 is 5.20. The maximum atomic E-state index is 11.6. The molecule has 0 aliphatic rings. The summed E-state index contributed by atoms with van der Waals surface area (Å²) in [6.45, 7) is 11.2. The Bertz CT molecular complexity index is 430. The number of rotatable bonds is 2. The Morgan fingerprint density at radius 2 is 2.06 bits per heavy atom. The molecular weight excluding hydrogens is 214 g/mol. The maximum Gasteiger partial charge on any atom is 0.412 e. The second kappa shape index (κ2) is 5.04. The summed E-state index contributed by atoms with van der Waals surface area (Å²) in [6, 6.07) is 5.68. The summed E-state index contributed by atoms with van der Waals surface area (Å²) in [5, 5.41) is 2.73. The van der Waals surface area contributed by atoms with Crippen LogP contribution in [-0.4, -0.2) is 11.7 Å². The van der Waals surface area contributed by atoms with Crippen LogP contribution in [0.25, 0.3) is 6.08 Å². The van der Waals surface area contributed by atoms with E-state index in [1.54, 1.807) is 6.08 Å². The van der Waals surface area contributed by atoms with Crippen molar-refractivity contribution in [2.24, 2.45) is 0 Å². The Balaban J connectivity index is 2.85. The van der Waals surface area contributed by atoms with Crippen LogP contribution >= 0.6 is 0 Å². The molecular formula is C14H19NO2. The van der Waals surface area contributed by atoms with E-state index in [9.17, 15) is 4.79 Å². The number of amides is 1. The van der Waals surface area contributed by atoms with Crippen LogP contribution in [0.3, 0.4) is 0 Å². The summed E-state index contributed by atoms with van der Waals surface area (Å²) in [5.41, 5.74) is 2.20. The van der Waals surface area contributed by atoms with E-state index in [2.05, 4.69) is 11.9 Å². The number of anilines is 1. The van der Waals surface area contributed by atoms with Crippen molar-refractivity contribution in [1.29, 1.82) is 0 Å². The van der Waals surface area contributed by atoms with Gasteiger partial charge in [-0.3, -0.25) is 5.32 Å². The molecule has 0 atom stereocenters. The zero-order valence-electron chi connectivity index (χ0n) is 10.8. The van der Waals surface area contributed by atoms with Crippen molar-refractivity contribution < 1.29 is 9.53 Å². The molecule has 1 amide bonds. The summed E-state index contributed by atoms with van der Waals surface area (Å²) in [7, 11) is 0. The molecule has 0 heterocycles. The van der Waals surface area contributed by atoms with E-state index in [0.29, 0.717) is 5.69 Å². The molecule has 17 heavy (non-hydrogen) atoms. The predicted molar refractivity (Wildman–Crippen MR) is 71.1 cm³/mol. The van der Waals surface area contributed by atoms with Crippen molar-refractivity contribution in [3.05, 3.63) is 35.9 Å². The van der Waals surface area contributed by atoms with E-state index < -0.39 is 11.7 Å². The first kappa shape index (κ1) is 13.3. The first-order chi connectivity index (χ1) is 7.83. The molecule has 0 radical (unpaired) electrons. The van der Waals surface area contributed by atoms with Gasteiger partial charge in [-0.25, -0.2) is 4.79 Å². The van der Waals surface area contributed by atoms with Crippen LogP contribution in [0.2, 0.25) is 0 Å². The number of nitrogens with one attached hydrogen (secondary N) is 1. The molecule has 1 aromatic rings. The van der Waals surface area contributed by atoms with E-state index >= 15 is 0 Å². The number of ether oxygens (including phenoxy) is 1. The number of carbonyl (C=O) groups is 1. The van der Waals surface area contributed by atoms with Crippen molar-refractivity contribution in [2.75, 3.05) is 5.32 Å². The average Bonchev–Trinajstić information content (AvgIpc) is 2.14. The molecule has 0 aromatic heterocycles. The molecule has 0 unspecified atom stereocenters. The fraction of sp³-hybridized carbons (Fsp3) is 0.357. The molecule has 0 bridgehead atoms. The van der Waals surface area contributed by atoms with Crippen molar-refractivity contribution in [1.82, 2.24) is 0 Å². The molecule has 0 aliphatic heterocycles. The van der Waals surface area contributed by atoms with E-state index in [-0.39, 0.29) is 0 Å². The SMILES string of the molecule is C=Cc1c(C)cccc1NC(=O)OC(C)(C)C. The topological polar surface area (TPSA) is 38.3 Å². The number of hydrogen-bond donors (Lipinski definition) is 1. The molecule has 1 aromatic carbocycles.